The van der Waals surface area contributed by atoms with Crippen LogP contribution in [0.2, 0.25) is 0 Å². The Morgan fingerprint density at radius 2 is 1.28 bits per heavy atom. The van der Waals surface area contributed by atoms with Crippen molar-refractivity contribution in [3.63, 3.8) is 0 Å². The van der Waals surface area contributed by atoms with Crippen LogP contribution in [0.1, 0.15) is 44.5 Å². The highest BCUT2D eigenvalue weighted by Crippen LogP contribution is 2.20. The van der Waals surface area contributed by atoms with E-state index in [9.17, 15) is 0 Å². The van der Waals surface area contributed by atoms with Gasteiger partial charge in [0.2, 0.25) is 0 Å². The Hall–Kier alpha value is -1.70. The molecule has 3 heterocycles. The number of hydrogen-bond donors (Lipinski definition) is 2. The zero-order valence-corrected chi connectivity index (χ0v) is 15.6. The van der Waals surface area contributed by atoms with Gasteiger partial charge in [0.05, 0.1) is 12.1 Å². The van der Waals surface area contributed by atoms with E-state index >= 15 is 0 Å². The quantitative estimate of drug-likeness (QED) is 0.866. The maximum absolute atomic E-state index is 4.46. The van der Waals surface area contributed by atoms with Gasteiger partial charge in [0.15, 0.2) is 0 Å². The molecule has 3 rings (SSSR count). The lowest BCUT2D eigenvalue weighted by Crippen LogP contribution is -2.39. The first kappa shape index (κ1) is 18.1. The summed E-state index contributed by atoms with van der Waals surface area (Å²) in [5.41, 5.74) is 0. The molecule has 2 unspecified atom stereocenters. The molecular weight excluding hydrogens is 314 g/mol. The molecule has 1 fully saturated rings. The normalized spacial score (nSPS) is 21.4. The number of aromatic amines is 2. The summed E-state index contributed by atoms with van der Waals surface area (Å²) < 4.78 is 0. The molecule has 2 aromatic rings. The topological polar surface area (TPSA) is 67.1 Å². The molecule has 0 spiro atoms. The van der Waals surface area contributed by atoms with Gasteiger partial charge in [-0.2, -0.15) is 0 Å². The van der Waals surface area contributed by atoms with Crippen LogP contribution in [0.15, 0.2) is 24.8 Å². The fourth-order valence-corrected chi connectivity index (χ4v) is 3.58. The van der Waals surface area contributed by atoms with Crippen LogP contribution < -0.4 is 0 Å². The van der Waals surface area contributed by atoms with Crippen molar-refractivity contribution in [1.82, 2.24) is 34.6 Å². The van der Waals surface area contributed by atoms with E-state index in [2.05, 4.69) is 55.4 Å². The number of H-pyrrole nitrogens is 2. The van der Waals surface area contributed by atoms with Crippen LogP contribution in [0.5, 0.6) is 0 Å². The molecule has 0 bridgehead atoms. The molecule has 1 aliphatic heterocycles. The van der Waals surface area contributed by atoms with E-state index in [0.717, 1.165) is 57.5 Å². The average Bonchev–Trinajstić information content (AvgIpc) is 3.35. The highest BCUT2D eigenvalue weighted by Gasteiger charge is 2.24. The smallest absolute Gasteiger partial charge is 0.123 e. The number of aromatic nitrogens is 4. The van der Waals surface area contributed by atoms with Gasteiger partial charge in [0.25, 0.3) is 0 Å². The van der Waals surface area contributed by atoms with Gasteiger partial charge < -0.3 is 14.9 Å². The van der Waals surface area contributed by atoms with E-state index in [1.807, 2.05) is 24.8 Å². The lowest BCUT2D eigenvalue weighted by Gasteiger charge is -2.31. The third-order valence-electron chi connectivity index (χ3n) is 5.45. The zero-order valence-electron chi connectivity index (χ0n) is 15.6. The molecule has 7 nitrogen and oxygen atoms in total. The molecule has 2 aromatic heterocycles. The zero-order chi connectivity index (χ0) is 17.6. The average molecular weight is 345 g/mol. The van der Waals surface area contributed by atoms with E-state index in [4.69, 9.17) is 0 Å². The Balaban J connectivity index is 1.72. The minimum Gasteiger partial charge on any atom is -0.347 e. The molecule has 0 radical (unpaired) electrons. The Kier molecular flexibility index (Phi) is 6.23. The van der Waals surface area contributed by atoms with Gasteiger partial charge in [-0.05, 0) is 20.4 Å². The maximum atomic E-state index is 4.46. The molecule has 25 heavy (non-hydrogen) atoms. The summed E-state index contributed by atoms with van der Waals surface area (Å²) in [6, 6.07) is 0.597. The molecule has 1 aliphatic rings. The molecule has 1 saturated heterocycles. The van der Waals surface area contributed by atoms with E-state index in [0.29, 0.717) is 12.1 Å². The fourth-order valence-electron chi connectivity index (χ4n) is 3.58. The van der Waals surface area contributed by atoms with Crippen LogP contribution in [-0.4, -0.2) is 80.4 Å². The lowest BCUT2D eigenvalue weighted by atomic mass is 10.2. The highest BCUT2D eigenvalue weighted by molar-refractivity contribution is 4.97. The van der Waals surface area contributed by atoms with E-state index in [1.165, 1.54) is 0 Å². The van der Waals surface area contributed by atoms with Gasteiger partial charge in [-0.1, -0.05) is 6.92 Å². The molecule has 7 heteroatoms. The summed E-state index contributed by atoms with van der Waals surface area (Å²) in [6.45, 7) is 14.2. The number of nitrogens with zero attached hydrogens (tertiary/aromatic N) is 5. The van der Waals surface area contributed by atoms with Gasteiger partial charge in [0, 0.05) is 64.1 Å². The molecule has 0 amide bonds. The van der Waals surface area contributed by atoms with Gasteiger partial charge in [0.1, 0.15) is 11.6 Å². The Morgan fingerprint density at radius 1 is 0.840 bits per heavy atom. The number of imidazole rings is 2. The minimum absolute atomic E-state index is 0.299. The number of nitrogens with one attached hydrogen (secondary N) is 2. The van der Waals surface area contributed by atoms with Crippen molar-refractivity contribution in [1.29, 1.82) is 0 Å². The Bertz CT molecular complexity index is 543. The number of rotatable bonds is 5. The summed E-state index contributed by atoms with van der Waals surface area (Å²) in [6.07, 6.45) is 7.49. The van der Waals surface area contributed by atoms with Crippen molar-refractivity contribution in [3.05, 3.63) is 36.4 Å². The first-order valence-electron chi connectivity index (χ1n) is 9.38. The molecule has 0 saturated carbocycles. The Morgan fingerprint density at radius 3 is 1.64 bits per heavy atom. The van der Waals surface area contributed by atoms with Gasteiger partial charge in [-0.25, -0.2) is 9.97 Å². The molecular formula is C18H31N7. The summed E-state index contributed by atoms with van der Waals surface area (Å²) in [7, 11) is 0. The van der Waals surface area contributed by atoms with Crippen LogP contribution in [0.25, 0.3) is 0 Å². The van der Waals surface area contributed by atoms with Crippen molar-refractivity contribution in [2.24, 2.45) is 0 Å². The molecule has 0 aliphatic carbocycles. The van der Waals surface area contributed by atoms with Crippen molar-refractivity contribution in [2.45, 2.75) is 32.9 Å². The molecule has 2 N–H and O–H groups in total. The van der Waals surface area contributed by atoms with Crippen molar-refractivity contribution in [3.8, 4) is 0 Å². The minimum atomic E-state index is 0.299. The molecule has 138 valence electrons. The lowest BCUT2D eigenvalue weighted by molar-refractivity contribution is 0.152. The number of hydrogen-bond acceptors (Lipinski definition) is 5. The van der Waals surface area contributed by atoms with Gasteiger partial charge in [-0.15, -0.1) is 0 Å². The van der Waals surface area contributed by atoms with Crippen molar-refractivity contribution in [2.75, 3.05) is 45.8 Å². The second kappa shape index (κ2) is 8.60. The van der Waals surface area contributed by atoms with E-state index in [1.54, 1.807) is 0 Å². The van der Waals surface area contributed by atoms with Crippen LogP contribution >= 0.6 is 0 Å². The van der Waals surface area contributed by atoms with Crippen molar-refractivity contribution >= 4 is 0 Å². The first-order chi connectivity index (χ1) is 12.2. The molecule has 2 atom stereocenters. The second-order valence-electron chi connectivity index (χ2n) is 6.81. The Labute approximate surface area is 150 Å². The summed E-state index contributed by atoms with van der Waals surface area (Å²) in [5.74, 6) is 2.10. The monoisotopic (exact) mass is 345 g/mol. The predicted molar refractivity (Wildman–Crippen MR) is 99.3 cm³/mol. The van der Waals surface area contributed by atoms with Gasteiger partial charge in [-0.3, -0.25) is 9.80 Å². The summed E-state index contributed by atoms with van der Waals surface area (Å²) in [5, 5.41) is 0. The highest BCUT2D eigenvalue weighted by atomic mass is 15.3. The van der Waals surface area contributed by atoms with Crippen LogP contribution in [0.4, 0.5) is 0 Å². The van der Waals surface area contributed by atoms with Gasteiger partial charge >= 0.3 is 0 Å². The first-order valence-corrected chi connectivity index (χ1v) is 9.38. The SMILES string of the molecule is CCN1CCN(C(C)c2ncc[nH]2)CCN(C(C)c2ncc[nH]2)CC1. The van der Waals surface area contributed by atoms with Crippen LogP contribution in [0, 0.1) is 0 Å². The van der Waals surface area contributed by atoms with E-state index < -0.39 is 0 Å². The largest absolute Gasteiger partial charge is 0.347 e. The predicted octanol–water partition coefficient (Wildman–Crippen LogP) is 1.89. The molecule has 0 aromatic carbocycles. The summed E-state index contributed by atoms with van der Waals surface area (Å²) in [4.78, 5) is 23.1. The number of likely N-dealkylation sites (N-methyl/N-ethyl adjacent to an activating group) is 1. The fraction of sp³-hybridized carbons (Fsp3) is 0.667. The van der Waals surface area contributed by atoms with Crippen LogP contribution in [0.3, 0.4) is 0 Å². The van der Waals surface area contributed by atoms with Crippen molar-refractivity contribution < 1.29 is 0 Å². The van der Waals surface area contributed by atoms with Crippen LogP contribution in [-0.2, 0) is 0 Å². The third-order valence-corrected chi connectivity index (χ3v) is 5.45. The van der Waals surface area contributed by atoms with E-state index in [-0.39, 0.29) is 0 Å². The standard InChI is InChI=1S/C18H31N7/c1-4-23-9-11-24(15(2)17-19-5-6-20-17)13-14-25(12-10-23)16(3)18-21-7-8-22-18/h5-8,15-16H,4,9-14H2,1-3H3,(H,19,20)(H,21,22). The third kappa shape index (κ3) is 4.48. The maximum Gasteiger partial charge on any atom is 0.123 e. The summed E-state index contributed by atoms with van der Waals surface area (Å²) >= 11 is 0. The second-order valence-corrected chi connectivity index (χ2v) is 6.81.